The number of hydrogen-bond donors (Lipinski definition) is 2. The number of rotatable bonds is 8. The Morgan fingerprint density at radius 2 is 1.73 bits per heavy atom. The highest BCUT2D eigenvalue weighted by molar-refractivity contribution is 5.85. The van der Waals surface area contributed by atoms with Crippen LogP contribution >= 0.6 is 0 Å². The second-order valence-corrected chi connectivity index (χ2v) is 6.56. The molecule has 0 radical (unpaired) electrons. The van der Waals surface area contributed by atoms with Crippen molar-refractivity contribution in [2.75, 3.05) is 6.61 Å². The van der Waals surface area contributed by atoms with Crippen LogP contribution in [-0.4, -0.2) is 34.2 Å². The minimum Gasteiger partial charge on any atom is -0.478 e. The van der Waals surface area contributed by atoms with E-state index in [4.69, 9.17) is 4.74 Å². The standard InChI is InChI=1S/C21H26N2O3/c1-4-18(15-24)23-20(25)21(2,3)26-19-9-7-16(8-10-19)5-6-17-11-13-22-14-12-17/h5-14,18,24H,4,15H2,1-3H3,(H,23,25)/b6-5+. The first kappa shape index (κ1) is 19.7. The lowest BCUT2D eigenvalue weighted by Gasteiger charge is -2.27. The fourth-order valence-corrected chi connectivity index (χ4v) is 2.29. The van der Waals surface area contributed by atoms with Gasteiger partial charge in [-0.25, -0.2) is 0 Å². The molecule has 0 aliphatic rings. The van der Waals surface area contributed by atoms with Crippen LogP contribution in [0.4, 0.5) is 0 Å². The molecule has 1 atom stereocenters. The van der Waals surface area contributed by atoms with Crippen LogP contribution in [0.15, 0.2) is 48.8 Å². The second kappa shape index (κ2) is 9.15. The van der Waals surface area contributed by atoms with Gasteiger partial charge >= 0.3 is 0 Å². The van der Waals surface area contributed by atoms with Crippen molar-refractivity contribution in [3.05, 3.63) is 59.9 Å². The largest absolute Gasteiger partial charge is 0.478 e. The predicted octanol–water partition coefficient (Wildman–Crippen LogP) is 3.30. The summed E-state index contributed by atoms with van der Waals surface area (Å²) in [6.07, 6.45) is 8.18. The van der Waals surface area contributed by atoms with E-state index in [2.05, 4.69) is 10.3 Å². The third kappa shape index (κ3) is 5.70. The molecule has 2 aromatic rings. The lowest BCUT2D eigenvalue weighted by Crippen LogP contribution is -2.50. The third-order valence-electron chi connectivity index (χ3n) is 4.02. The first-order chi connectivity index (χ1) is 12.4. The van der Waals surface area contributed by atoms with E-state index in [-0.39, 0.29) is 18.6 Å². The molecule has 2 N–H and O–H groups in total. The van der Waals surface area contributed by atoms with E-state index < -0.39 is 5.60 Å². The summed E-state index contributed by atoms with van der Waals surface area (Å²) in [5.41, 5.74) is 1.08. The molecular weight excluding hydrogens is 328 g/mol. The number of benzene rings is 1. The number of nitrogens with one attached hydrogen (secondary N) is 1. The van der Waals surface area contributed by atoms with E-state index in [1.54, 1.807) is 26.2 Å². The van der Waals surface area contributed by atoms with Crippen LogP contribution in [0.5, 0.6) is 5.75 Å². The summed E-state index contributed by atoms with van der Waals surface area (Å²) in [4.78, 5) is 16.4. The molecule has 0 saturated heterocycles. The van der Waals surface area contributed by atoms with E-state index in [9.17, 15) is 9.90 Å². The topological polar surface area (TPSA) is 71.5 Å². The quantitative estimate of drug-likeness (QED) is 0.763. The Labute approximate surface area is 154 Å². The smallest absolute Gasteiger partial charge is 0.263 e. The first-order valence-electron chi connectivity index (χ1n) is 8.73. The zero-order valence-electron chi connectivity index (χ0n) is 15.5. The van der Waals surface area contributed by atoms with Crippen molar-refractivity contribution in [2.24, 2.45) is 0 Å². The monoisotopic (exact) mass is 354 g/mol. The van der Waals surface area contributed by atoms with Crippen molar-refractivity contribution >= 4 is 18.1 Å². The van der Waals surface area contributed by atoms with Gasteiger partial charge in [-0.3, -0.25) is 9.78 Å². The molecule has 0 fully saturated rings. The lowest BCUT2D eigenvalue weighted by molar-refractivity contribution is -0.135. The highest BCUT2D eigenvalue weighted by Gasteiger charge is 2.31. The van der Waals surface area contributed by atoms with E-state index in [1.165, 1.54) is 0 Å². The number of aliphatic hydroxyl groups is 1. The summed E-state index contributed by atoms with van der Waals surface area (Å²) in [6, 6.07) is 11.2. The van der Waals surface area contributed by atoms with Crippen LogP contribution in [0.25, 0.3) is 12.2 Å². The normalized spacial score (nSPS) is 12.8. The van der Waals surface area contributed by atoms with Crippen LogP contribution in [0.1, 0.15) is 38.3 Å². The molecule has 1 aromatic heterocycles. The Balaban J connectivity index is 1.99. The van der Waals surface area contributed by atoms with Gasteiger partial charge in [-0.2, -0.15) is 0 Å². The zero-order chi connectivity index (χ0) is 19.0. The molecule has 1 heterocycles. The number of aliphatic hydroxyl groups excluding tert-OH is 1. The summed E-state index contributed by atoms with van der Waals surface area (Å²) in [6.45, 7) is 5.25. The van der Waals surface area contributed by atoms with Crippen molar-refractivity contribution in [2.45, 2.75) is 38.8 Å². The van der Waals surface area contributed by atoms with Gasteiger partial charge in [-0.15, -0.1) is 0 Å². The number of aromatic nitrogens is 1. The fourth-order valence-electron chi connectivity index (χ4n) is 2.29. The molecule has 1 aromatic carbocycles. The highest BCUT2D eigenvalue weighted by Crippen LogP contribution is 2.20. The molecule has 1 unspecified atom stereocenters. The van der Waals surface area contributed by atoms with E-state index >= 15 is 0 Å². The Kier molecular flexibility index (Phi) is 6.92. The van der Waals surface area contributed by atoms with Crippen molar-refractivity contribution in [3.8, 4) is 5.75 Å². The van der Waals surface area contributed by atoms with Crippen molar-refractivity contribution < 1.29 is 14.6 Å². The van der Waals surface area contributed by atoms with Gasteiger partial charge in [0.05, 0.1) is 12.6 Å². The molecule has 5 heteroatoms. The molecule has 0 aliphatic carbocycles. The number of carbonyl (C=O) groups excluding carboxylic acids is 1. The Morgan fingerprint density at radius 3 is 2.27 bits per heavy atom. The first-order valence-corrected chi connectivity index (χ1v) is 8.73. The summed E-state index contributed by atoms with van der Waals surface area (Å²) in [5, 5.41) is 12.0. The van der Waals surface area contributed by atoms with Gasteiger partial charge in [-0.05, 0) is 55.7 Å². The number of nitrogens with zero attached hydrogens (tertiary/aromatic N) is 1. The molecule has 0 aliphatic heterocycles. The average molecular weight is 354 g/mol. The van der Waals surface area contributed by atoms with Gasteiger partial charge in [0, 0.05) is 12.4 Å². The minimum atomic E-state index is -1.03. The van der Waals surface area contributed by atoms with E-state index in [0.717, 1.165) is 11.1 Å². The SMILES string of the molecule is CCC(CO)NC(=O)C(C)(C)Oc1ccc(/C=C/c2ccncc2)cc1. The molecule has 138 valence electrons. The molecule has 0 spiro atoms. The Hall–Kier alpha value is -2.66. The summed E-state index contributed by atoms with van der Waals surface area (Å²) in [5.74, 6) is 0.364. The number of ether oxygens (including phenoxy) is 1. The second-order valence-electron chi connectivity index (χ2n) is 6.56. The zero-order valence-corrected chi connectivity index (χ0v) is 15.5. The minimum absolute atomic E-state index is 0.0865. The number of hydrogen-bond acceptors (Lipinski definition) is 4. The van der Waals surface area contributed by atoms with Crippen molar-refractivity contribution in [1.82, 2.24) is 10.3 Å². The van der Waals surface area contributed by atoms with Crippen LogP contribution < -0.4 is 10.1 Å². The maximum atomic E-state index is 12.4. The number of pyridine rings is 1. The van der Waals surface area contributed by atoms with E-state index in [0.29, 0.717) is 12.2 Å². The number of carbonyl (C=O) groups is 1. The van der Waals surface area contributed by atoms with Crippen LogP contribution in [0.3, 0.4) is 0 Å². The molecule has 5 nitrogen and oxygen atoms in total. The van der Waals surface area contributed by atoms with Crippen LogP contribution in [0.2, 0.25) is 0 Å². The van der Waals surface area contributed by atoms with Gasteiger partial charge in [-0.1, -0.05) is 31.2 Å². The summed E-state index contributed by atoms with van der Waals surface area (Å²) in [7, 11) is 0. The highest BCUT2D eigenvalue weighted by atomic mass is 16.5. The van der Waals surface area contributed by atoms with E-state index in [1.807, 2.05) is 55.5 Å². The van der Waals surface area contributed by atoms with Gasteiger partial charge in [0.25, 0.3) is 5.91 Å². The van der Waals surface area contributed by atoms with Crippen molar-refractivity contribution in [1.29, 1.82) is 0 Å². The predicted molar refractivity (Wildman–Crippen MR) is 104 cm³/mol. The van der Waals surface area contributed by atoms with Crippen LogP contribution in [-0.2, 0) is 4.79 Å². The maximum absolute atomic E-state index is 12.4. The summed E-state index contributed by atoms with van der Waals surface area (Å²) >= 11 is 0. The van der Waals surface area contributed by atoms with Crippen LogP contribution in [0, 0.1) is 0 Å². The molecule has 2 rings (SSSR count). The van der Waals surface area contributed by atoms with Gasteiger partial charge in [0.1, 0.15) is 5.75 Å². The van der Waals surface area contributed by atoms with Gasteiger partial charge < -0.3 is 15.2 Å². The maximum Gasteiger partial charge on any atom is 0.263 e. The lowest BCUT2D eigenvalue weighted by atomic mass is 10.1. The molecule has 1 amide bonds. The van der Waals surface area contributed by atoms with Gasteiger partial charge in [0.2, 0.25) is 0 Å². The molecule has 0 saturated carbocycles. The fraction of sp³-hybridized carbons (Fsp3) is 0.333. The summed E-state index contributed by atoms with van der Waals surface area (Å²) < 4.78 is 5.85. The molecular formula is C21H26N2O3. The third-order valence-corrected chi connectivity index (χ3v) is 4.02. The van der Waals surface area contributed by atoms with Gasteiger partial charge in [0.15, 0.2) is 5.60 Å². The number of amides is 1. The Morgan fingerprint density at radius 1 is 1.15 bits per heavy atom. The average Bonchev–Trinajstić information content (AvgIpc) is 2.66. The molecule has 26 heavy (non-hydrogen) atoms. The molecule has 0 bridgehead atoms. The van der Waals surface area contributed by atoms with Crippen molar-refractivity contribution in [3.63, 3.8) is 0 Å². The Bertz CT molecular complexity index is 721.